The molecular weight excluding hydrogens is 474 g/mol. The largest absolute Gasteiger partial charge is 0.492 e. The molecule has 2 aliphatic heterocycles. The molecule has 2 unspecified atom stereocenters. The van der Waals surface area contributed by atoms with Crippen molar-refractivity contribution in [2.45, 2.75) is 75.3 Å². The van der Waals surface area contributed by atoms with Crippen molar-refractivity contribution in [1.82, 2.24) is 4.90 Å². The molecule has 7 aliphatic rings. The van der Waals surface area contributed by atoms with Crippen LogP contribution in [0.15, 0.2) is 24.3 Å². The molecule has 37 heavy (non-hydrogen) atoms. The van der Waals surface area contributed by atoms with Crippen molar-refractivity contribution < 1.29 is 33.9 Å². The molecule has 0 radical (unpaired) electrons. The molecule has 2 spiro atoms. The lowest BCUT2D eigenvalue weighted by Crippen LogP contribution is -2.64. The number of morpholine rings is 1. The molecule has 7 fully saturated rings. The fourth-order valence-electron chi connectivity index (χ4n) is 8.49. The summed E-state index contributed by atoms with van der Waals surface area (Å²) in [5, 5.41) is 9.98. The van der Waals surface area contributed by atoms with E-state index in [4.69, 9.17) is 24.0 Å². The van der Waals surface area contributed by atoms with Crippen molar-refractivity contribution in [3.05, 3.63) is 29.8 Å². The van der Waals surface area contributed by atoms with Gasteiger partial charge in [-0.1, -0.05) is 12.1 Å². The van der Waals surface area contributed by atoms with E-state index < -0.39 is 23.0 Å². The highest BCUT2D eigenvalue weighted by molar-refractivity contribution is 5.75. The maximum Gasteiger partial charge on any atom is 0.309 e. The molecule has 202 valence electrons. The normalized spacial score (nSPS) is 43.0. The van der Waals surface area contributed by atoms with Crippen LogP contribution in [0, 0.1) is 23.2 Å². The van der Waals surface area contributed by atoms with Crippen LogP contribution >= 0.6 is 0 Å². The van der Waals surface area contributed by atoms with Gasteiger partial charge in [-0.15, -0.1) is 0 Å². The Kier molecular flexibility index (Phi) is 6.05. The minimum absolute atomic E-state index is 0.114. The lowest BCUT2D eigenvalue weighted by atomic mass is 9.47. The fraction of sp³-hybridized carbons (Fsp3) is 0.759. The van der Waals surface area contributed by atoms with Crippen molar-refractivity contribution in [2.24, 2.45) is 23.2 Å². The molecule has 5 saturated carbocycles. The van der Waals surface area contributed by atoms with Crippen molar-refractivity contribution in [1.29, 1.82) is 0 Å². The zero-order chi connectivity index (χ0) is 25.1. The Bertz CT molecular complexity index is 982. The number of carboxylic acid groups (broad SMARTS) is 1. The third-order valence-corrected chi connectivity index (χ3v) is 10.3. The quantitative estimate of drug-likeness (QED) is 0.563. The second kappa shape index (κ2) is 9.19. The molecule has 2 heterocycles. The van der Waals surface area contributed by atoms with Gasteiger partial charge in [-0.25, -0.2) is 0 Å². The van der Waals surface area contributed by atoms with Crippen molar-refractivity contribution in [2.75, 3.05) is 39.5 Å². The molecule has 8 rings (SSSR count). The molecule has 8 heteroatoms. The van der Waals surface area contributed by atoms with Crippen LogP contribution in [0.25, 0.3) is 0 Å². The van der Waals surface area contributed by atoms with Crippen LogP contribution < -0.4 is 4.74 Å². The van der Waals surface area contributed by atoms with Crippen molar-refractivity contribution in [3.63, 3.8) is 0 Å². The predicted molar refractivity (Wildman–Crippen MR) is 133 cm³/mol. The third-order valence-electron chi connectivity index (χ3n) is 10.3. The van der Waals surface area contributed by atoms with E-state index >= 15 is 0 Å². The van der Waals surface area contributed by atoms with Gasteiger partial charge in [0.2, 0.25) is 11.6 Å². The third kappa shape index (κ3) is 4.20. The Morgan fingerprint density at radius 2 is 1.70 bits per heavy atom. The SMILES string of the molecule is O=C(O)C12CC3CC(C1)C1(OOC4(CCC(c5ccc(OCCN6CCOCC6)cc5)CC4)O1)C(C3)C2. The molecule has 0 amide bonds. The van der Waals surface area contributed by atoms with E-state index in [1.54, 1.807) is 0 Å². The van der Waals surface area contributed by atoms with Gasteiger partial charge in [0.05, 0.1) is 18.6 Å². The summed E-state index contributed by atoms with van der Waals surface area (Å²) in [4.78, 5) is 26.7. The second-order valence-electron chi connectivity index (χ2n) is 12.5. The number of ether oxygens (including phenoxy) is 3. The number of hydrogen-bond acceptors (Lipinski definition) is 7. The van der Waals surface area contributed by atoms with Gasteiger partial charge in [0.15, 0.2) is 0 Å². The number of carbonyl (C=O) groups is 1. The van der Waals surface area contributed by atoms with Gasteiger partial charge in [0.25, 0.3) is 0 Å². The first-order valence-electron chi connectivity index (χ1n) is 14.3. The molecule has 1 aromatic rings. The number of aliphatic carboxylic acids is 1. The van der Waals surface area contributed by atoms with E-state index in [-0.39, 0.29) is 11.8 Å². The Hall–Kier alpha value is -1.71. The number of benzene rings is 1. The molecule has 0 aromatic heterocycles. The standard InChI is InChI=1S/C29H39NO7/c31-26(32)27-17-20-15-23(18-27)29(24(16-20)19-27)35-28(36-37-29)7-5-22(6-8-28)21-1-3-25(4-2-21)34-14-11-30-9-12-33-13-10-30/h1-4,20,22-24H,5-19H2,(H,31,32). The Labute approximate surface area is 218 Å². The lowest BCUT2D eigenvalue weighted by molar-refractivity contribution is -0.393. The second-order valence-corrected chi connectivity index (χ2v) is 12.5. The lowest BCUT2D eigenvalue weighted by Gasteiger charge is -2.60. The number of nitrogens with zero attached hydrogens (tertiary/aromatic N) is 1. The zero-order valence-electron chi connectivity index (χ0n) is 21.6. The highest BCUT2D eigenvalue weighted by Gasteiger charge is 2.71. The highest BCUT2D eigenvalue weighted by atomic mass is 17.3. The Morgan fingerprint density at radius 3 is 2.38 bits per heavy atom. The van der Waals surface area contributed by atoms with Gasteiger partial charge in [-0.3, -0.25) is 9.69 Å². The molecule has 1 N–H and O–H groups in total. The van der Waals surface area contributed by atoms with Gasteiger partial charge < -0.3 is 19.3 Å². The van der Waals surface area contributed by atoms with E-state index in [1.807, 2.05) is 0 Å². The first-order valence-corrected chi connectivity index (χ1v) is 14.3. The van der Waals surface area contributed by atoms with Gasteiger partial charge >= 0.3 is 5.97 Å². The van der Waals surface area contributed by atoms with Crippen LogP contribution in [0.3, 0.4) is 0 Å². The minimum Gasteiger partial charge on any atom is -0.492 e. The van der Waals surface area contributed by atoms with Crippen LogP contribution in [0.5, 0.6) is 5.75 Å². The zero-order valence-corrected chi connectivity index (χ0v) is 21.6. The molecule has 4 bridgehead atoms. The van der Waals surface area contributed by atoms with Crippen LogP contribution in [0.2, 0.25) is 0 Å². The molecule has 5 aliphatic carbocycles. The summed E-state index contributed by atoms with van der Waals surface area (Å²) in [5.74, 6) is 0.0156. The minimum atomic E-state index is -0.747. The Balaban J connectivity index is 0.942. The fourth-order valence-corrected chi connectivity index (χ4v) is 8.49. The van der Waals surface area contributed by atoms with E-state index in [0.29, 0.717) is 31.3 Å². The van der Waals surface area contributed by atoms with Gasteiger partial charge in [0.1, 0.15) is 12.4 Å². The number of carboxylic acids is 1. The monoisotopic (exact) mass is 513 g/mol. The summed E-state index contributed by atoms with van der Waals surface area (Å²) < 4.78 is 18.2. The van der Waals surface area contributed by atoms with Gasteiger partial charge in [-0.2, -0.15) is 9.78 Å². The summed E-state index contributed by atoms with van der Waals surface area (Å²) in [6.45, 7) is 5.21. The maximum atomic E-state index is 12.1. The summed E-state index contributed by atoms with van der Waals surface area (Å²) in [6.07, 6.45) is 7.66. The van der Waals surface area contributed by atoms with Gasteiger partial charge in [-0.05, 0) is 74.5 Å². The first kappa shape index (κ1) is 24.3. The summed E-state index contributed by atoms with van der Waals surface area (Å²) >= 11 is 0. The molecule has 2 atom stereocenters. The van der Waals surface area contributed by atoms with E-state index in [2.05, 4.69) is 29.2 Å². The van der Waals surface area contributed by atoms with Crippen LogP contribution in [0.4, 0.5) is 0 Å². The smallest absolute Gasteiger partial charge is 0.309 e. The maximum absolute atomic E-state index is 12.1. The molecule has 8 nitrogen and oxygen atoms in total. The molecular formula is C29H39NO7. The average Bonchev–Trinajstić information content (AvgIpc) is 3.28. The Morgan fingerprint density at radius 1 is 1.00 bits per heavy atom. The summed E-state index contributed by atoms with van der Waals surface area (Å²) in [6, 6.07) is 8.58. The van der Waals surface area contributed by atoms with E-state index in [1.165, 1.54) is 5.56 Å². The van der Waals surface area contributed by atoms with E-state index in [9.17, 15) is 9.90 Å². The number of rotatable bonds is 6. The van der Waals surface area contributed by atoms with Crippen molar-refractivity contribution in [3.8, 4) is 5.75 Å². The number of hydrogen-bond donors (Lipinski definition) is 1. The van der Waals surface area contributed by atoms with Gasteiger partial charge in [0, 0.05) is 44.3 Å². The predicted octanol–water partition coefficient (Wildman–Crippen LogP) is 4.34. The summed E-state index contributed by atoms with van der Waals surface area (Å²) in [7, 11) is 0. The van der Waals surface area contributed by atoms with Crippen LogP contribution in [0.1, 0.15) is 69.3 Å². The molecule has 1 aromatic carbocycles. The van der Waals surface area contributed by atoms with Crippen LogP contribution in [-0.4, -0.2) is 67.0 Å². The average molecular weight is 514 g/mol. The first-order chi connectivity index (χ1) is 18.0. The van der Waals surface area contributed by atoms with Crippen LogP contribution in [-0.2, 0) is 24.0 Å². The highest BCUT2D eigenvalue weighted by Crippen LogP contribution is 2.67. The van der Waals surface area contributed by atoms with Crippen molar-refractivity contribution >= 4 is 5.97 Å². The molecule has 2 saturated heterocycles. The van der Waals surface area contributed by atoms with E-state index in [0.717, 1.165) is 83.5 Å². The topological polar surface area (TPSA) is 86.7 Å². The summed E-state index contributed by atoms with van der Waals surface area (Å²) in [5.41, 5.74) is 0.752.